The van der Waals surface area contributed by atoms with Crippen molar-refractivity contribution in [2.75, 3.05) is 5.88 Å². The smallest absolute Gasteiger partial charge is 0.266 e. The lowest BCUT2D eigenvalue weighted by Gasteiger charge is -1.99. The third-order valence-electron chi connectivity index (χ3n) is 1.74. The molecule has 0 aliphatic carbocycles. The molecule has 0 bridgehead atoms. The minimum atomic E-state index is -0.352. The maximum absolute atomic E-state index is 11.2. The average molecular weight is 226 g/mol. The summed E-state index contributed by atoms with van der Waals surface area (Å²) < 4.78 is 0. The van der Waals surface area contributed by atoms with Crippen LogP contribution in [0.15, 0.2) is 24.5 Å². The first-order valence-electron chi connectivity index (χ1n) is 4.46. The molecule has 1 amide bonds. The van der Waals surface area contributed by atoms with Crippen molar-refractivity contribution in [3.63, 3.8) is 0 Å². The molecule has 0 aromatic carbocycles. The quantitative estimate of drug-likeness (QED) is 0.352. The number of carbonyl (C=O) groups excluding carboxylic acids is 1. The molecular formula is C10H12ClN3O. The first kappa shape index (κ1) is 11.7. The van der Waals surface area contributed by atoms with Crippen molar-refractivity contribution in [1.82, 2.24) is 10.4 Å². The van der Waals surface area contributed by atoms with Crippen LogP contribution < -0.4 is 11.3 Å². The lowest BCUT2D eigenvalue weighted by atomic mass is 10.2. The summed E-state index contributed by atoms with van der Waals surface area (Å²) in [5.74, 6) is 5.24. The summed E-state index contributed by atoms with van der Waals surface area (Å²) in [5, 5.41) is 0. The normalized spacial score (nSPS) is 10.5. The molecule has 0 aliphatic rings. The van der Waals surface area contributed by atoms with Crippen LogP contribution in [0.1, 0.15) is 22.3 Å². The highest BCUT2D eigenvalue weighted by atomic mass is 35.5. The van der Waals surface area contributed by atoms with E-state index in [-0.39, 0.29) is 5.91 Å². The van der Waals surface area contributed by atoms with Crippen LogP contribution in [-0.2, 0) is 0 Å². The number of allylic oxidation sites excluding steroid dienone is 1. The molecule has 0 unspecified atom stereocenters. The molecule has 0 radical (unpaired) electrons. The summed E-state index contributed by atoms with van der Waals surface area (Å²) in [4.78, 5) is 15.1. The first-order valence-corrected chi connectivity index (χ1v) is 5.00. The molecular weight excluding hydrogens is 214 g/mol. The fourth-order valence-corrected chi connectivity index (χ4v) is 1.16. The van der Waals surface area contributed by atoms with Gasteiger partial charge in [-0.25, -0.2) is 5.84 Å². The average Bonchev–Trinajstić information content (AvgIpc) is 2.29. The van der Waals surface area contributed by atoms with Gasteiger partial charge in [-0.3, -0.25) is 15.2 Å². The fraction of sp³-hybridized carbons (Fsp3) is 0.200. The molecule has 1 rings (SSSR count). The Kier molecular flexibility index (Phi) is 4.80. The van der Waals surface area contributed by atoms with Gasteiger partial charge < -0.3 is 0 Å². The van der Waals surface area contributed by atoms with Gasteiger partial charge in [0.05, 0.1) is 5.56 Å². The summed E-state index contributed by atoms with van der Waals surface area (Å²) in [6.07, 6.45) is 7.70. The highest BCUT2D eigenvalue weighted by Gasteiger charge is 2.02. The van der Waals surface area contributed by atoms with E-state index in [2.05, 4.69) is 10.4 Å². The zero-order valence-corrected chi connectivity index (χ0v) is 8.87. The van der Waals surface area contributed by atoms with E-state index in [0.717, 1.165) is 12.0 Å². The largest absolute Gasteiger partial charge is 0.290 e. The van der Waals surface area contributed by atoms with Crippen molar-refractivity contribution >= 4 is 23.6 Å². The zero-order valence-electron chi connectivity index (χ0n) is 8.11. The van der Waals surface area contributed by atoms with Crippen LogP contribution in [0.3, 0.4) is 0 Å². The molecule has 1 aromatic rings. The van der Waals surface area contributed by atoms with Crippen molar-refractivity contribution in [2.24, 2.45) is 5.84 Å². The number of rotatable bonds is 4. The molecule has 1 heterocycles. The number of amides is 1. The van der Waals surface area contributed by atoms with E-state index in [1.807, 2.05) is 12.2 Å². The number of pyridine rings is 1. The van der Waals surface area contributed by atoms with Gasteiger partial charge in [0.1, 0.15) is 0 Å². The van der Waals surface area contributed by atoms with Crippen molar-refractivity contribution in [3.05, 3.63) is 35.7 Å². The summed E-state index contributed by atoms with van der Waals surface area (Å²) in [7, 11) is 0. The first-order chi connectivity index (χ1) is 7.27. The number of hydrogen-bond acceptors (Lipinski definition) is 3. The van der Waals surface area contributed by atoms with Crippen LogP contribution >= 0.6 is 11.6 Å². The lowest BCUT2D eigenvalue weighted by Crippen LogP contribution is -2.30. The lowest BCUT2D eigenvalue weighted by molar-refractivity contribution is 0.0953. The number of carbonyl (C=O) groups is 1. The number of halogens is 1. The van der Waals surface area contributed by atoms with Crippen LogP contribution in [-0.4, -0.2) is 16.8 Å². The number of aromatic nitrogens is 1. The number of nitrogens with zero attached hydrogens (tertiary/aromatic N) is 1. The zero-order chi connectivity index (χ0) is 11.1. The van der Waals surface area contributed by atoms with Gasteiger partial charge in [-0.1, -0.05) is 12.2 Å². The summed E-state index contributed by atoms with van der Waals surface area (Å²) >= 11 is 5.52. The van der Waals surface area contributed by atoms with Gasteiger partial charge in [0.15, 0.2) is 0 Å². The Bertz CT molecular complexity index is 365. The van der Waals surface area contributed by atoms with E-state index >= 15 is 0 Å². The van der Waals surface area contributed by atoms with E-state index < -0.39 is 0 Å². The molecule has 0 fully saturated rings. The SMILES string of the molecule is NNC(=O)c1cncc(C=CCCCl)c1. The van der Waals surface area contributed by atoms with Gasteiger partial charge in [-0.2, -0.15) is 0 Å². The highest BCUT2D eigenvalue weighted by molar-refractivity contribution is 6.17. The van der Waals surface area contributed by atoms with Gasteiger partial charge in [0.2, 0.25) is 0 Å². The molecule has 1 aromatic heterocycles. The predicted molar refractivity (Wildman–Crippen MR) is 60.3 cm³/mol. The predicted octanol–water partition coefficient (Wildman–Crippen LogP) is 1.33. The van der Waals surface area contributed by atoms with E-state index in [0.29, 0.717) is 11.4 Å². The van der Waals surface area contributed by atoms with Crippen LogP contribution in [0.2, 0.25) is 0 Å². The van der Waals surface area contributed by atoms with E-state index in [1.165, 1.54) is 6.20 Å². The maximum atomic E-state index is 11.2. The number of nitrogens with two attached hydrogens (primary N) is 1. The summed E-state index contributed by atoms with van der Waals surface area (Å²) in [6.45, 7) is 0. The molecule has 0 atom stereocenters. The number of hydrogen-bond donors (Lipinski definition) is 2. The molecule has 80 valence electrons. The maximum Gasteiger partial charge on any atom is 0.266 e. The van der Waals surface area contributed by atoms with E-state index in [4.69, 9.17) is 17.4 Å². The molecule has 0 saturated heterocycles. The Morgan fingerprint density at radius 2 is 2.40 bits per heavy atom. The number of alkyl halides is 1. The molecule has 3 N–H and O–H groups in total. The molecule has 5 heteroatoms. The second-order valence-corrected chi connectivity index (χ2v) is 3.24. The van der Waals surface area contributed by atoms with Crippen LogP contribution in [0.5, 0.6) is 0 Å². The van der Waals surface area contributed by atoms with Crippen molar-refractivity contribution in [1.29, 1.82) is 0 Å². The number of hydrazine groups is 1. The molecule has 0 spiro atoms. The third-order valence-corrected chi connectivity index (χ3v) is 1.96. The van der Waals surface area contributed by atoms with Gasteiger partial charge >= 0.3 is 0 Å². The molecule has 4 nitrogen and oxygen atoms in total. The van der Waals surface area contributed by atoms with Gasteiger partial charge in [0, 0.05) is 18.3 Å². The summed E-state index contributed by atoms with van der Waals surface area (Å²) in [6, 6.07) is 1.71. The van der Waals surface area contributed by atoms with Crippen LogP contribution in [0, 0.1) is 0 Å². The van der Waals surface area contributed by atoms with Crippen LogP contribution in [0.25, 0.3) is 6.08 Å². The standard InChI is InChI=1S/C10H12ClN3O/c11-4-2-1-3-8-5-9(7-13-6-8)10(15)14-12/h1,3,5-7H,2,4,12H2,(H,14,15). The van der Waals surface area contributed by atoms with Gasteiger partial charge in [0.25, 0.3) is 5.91 Å². The minimum Gasteiger partial charge on any atom is -0.290 e. The highest BCUT2D eigenvalue weighted by Crippen LogP contribution is 2.05. The van der Waals surface area contributed by atoms with Crippen molar-refractivity contribution < 1.29 is 4.79 Å². The van der Waals surface area contributed by atoms with E-state index in [9.17, 15) is 4.79 Å². The van der Waals surface area contributed by atoms with Crippen molar-refractivity contribution in [3.8, 4) is 0 Å². The second-order valence-electron chi connectivity index (χ2n) is 2.86. The Morgan fingerprint density at radius 3 is 3.07 bits per heavy atom. The third kappa shape index (κ3) is 3.69. The molecule has 15 heavy (non-hydrogen) atoms. The molecule has 0 saturated carbocycles. The van der Waals surface area contributed by atoms with Crippen LogP contribution in [0.4, 0.5) is 0 Å². The monoisotopic (exact) mass is 225 g/mol. The Labute approximate surface area is 93.1 Å². The minimum absolute atomic E-state index is 0.352. The van der Waals surface area contributed by atoms with Crippen molar-refractivity contribution in [2.45, 2.75) is 6.42 Å². The van der Waals surface area contributed by atoms with Gasteiger partial charge in [-0.15, -0.1) is 11.6 Å². The summed E-state index contributed by atoms with van der Waals surface area (Å²) in [5.41, 5.74) is 3.34. The number of nitrogen functional groups attached to an aromatic ring is 1. The Morgan fingerprint density at radius 1 is 1.60 bits per heavy atom. The second kappa shape index (κ2) is 6.16. The Hall–Kier alpha value is -1.39. The van der Waals surface area contributed by atoms with Gasteiger partial charge in [-0.05, 0) is 18.1 Å². The molecule has 0 aliphatic heterocycles. The Balaban J connectivity index is 2.78. The van der Waals surface area contributed by atoms with E-state index in [1.54, 1.807) is 12.3 Å². The fourth-order valence-electron chi connectivity index (χ4n) is 1.04. The topological polar surface area (TPSA) is 68.0 Å². The number of nitrogens with one attached hydrogen (secondary N) is 1.